The number of benzene rings is 2. The Kier molecular flexibility index (Phi) is 5.64. The molecule has 0 aliphatic carbocycles. The van der Waals surface area contributed by atoms with Crippen molar-refractivity contribution in [3.63, 3.8) is 0 Å². The molecule has 0 N–H and O–H groups in total. The summed E-state index contributed by atoms with van der Waals surface area (Å²) in [6, 6.07) is 17.7. The largest absolute Gasteiger partial charge is 0.465 e. The van der Waals surface area contributed by atoms with Gasteiger partial charge in [-0.1, -0.05) is 6.07 Å². The smallest absolute Gasteiger partial charge is 0.337 e. The number of hydrogen-bond donors (Lipinski definition) is 0. The zero-order valence-electron chi connectivity index (χ0n) is 16.9. The van der Waals surface area contributed by atoms with Gasteiger partial charge < -0.3 is 14.2 Å². The molecule has 0 saturated carbocycles. The summed E-state index contributed by atoms with van der Waals surface area (Å²) in [6.45, 7) is 4.17. The topological polar surface area (TPSA) is 46.8 Å². The van der Waals surface area contributed by atoms with Crippen molar-refractivity contribution in [2.24, 2.45) is 4.99 Å². The highest BCUT2D eigenvalue weighted by atomic mass is 16.5. The van der Waals surface area contributed by atoms with E-state index in [1.807, 2.05) is 26.4 Å². The average Bonchev–Trinajstić information content (AvgIpc) is 2.99. The van der Waals surface area contributed by atoms with Crippen LogP contribution in [-0.4, -0.2) is 38.0 Å². The number of carbonyl (C=O) groups is 1. The molecule has 0 unspecified atom stereocenters. The Morgan fingerprint density at radius 3 is 2.43 bits per heavy atom. The minimum atomic E-state index is -0.364. The molecule has 5 nitrogen and oxygen atoms in total. The summed E-state index contributed by atoms with van der Waals surface area (Å²) in [5.41, 5.74) is 6.78. The first-order valence-corrected chi connectivity index (χ1v) is 9.10. The average molecular weight is 375 g/mol. The summed E-state index contributed by atoms with van der Waals surface area (Å²) in [5, 5.41) is 0. The molecule has 5 heteroatoms. The highest BCUT2D eigenvalue weighted by Crippen LogP contribution is 2.23. The molecule has 0 spiro atoms. The molecule has 3 aromatic rings. The fraction of sp³-hybridized carbons (Fsp3) is 0.217. The first-order valence-electron chi connectivity index (χ1n) is 9.10. The van der Waals surface area contributed by atoms with E-state index in [0.29, 0.717) is 11.3 Å². The molecular formula is C23H25N3O2. The monoisotopic (exact) mass is 375 g/mol. The van der Waals surface area contributed by atoms with Gasteiger partial charge in [0.05, 0.1) is 18.4 Å². The number of carbonyl (C=O) groups excluding carboxylic acids is 1. The first kappa shape index (κ1) is 19.4. The Morgan fingerprint density at radius 2 is 1.79 bits per heavy atom. The van der Waals surface area contributed by atoms with E-state index in [9.17, 15) is 4.79 Å². The molecule has 3 rings (SSSR count). The van der Waals surface area contributed by atoms with Crippen LogP contribution in [0.2, 0.25) is 0 Å². The molecule has 0 aliphatic rings. The van der Waals surface area contributed by atoms with E-state index in [2.05, 4.69) is 58.6 Å². The Hall–Kier alpha value is -3.34. The van der Waals surface area contributed by atoms with Gasteiger partial charge in [-0.15, -0.1) is 0 Å². The molecule has 0 fully saturated rings. The second-order valence-corrected chi connectivity index (χ2v) is 6.87. The number of hydrogen-bond acceptors (Lipinski definition) is 4. The van der Waals surface area contributed by atoms with Crippen LogP contribution in [0, 0.1) is 13.8 Å². The Bertz CT molecular complexity index is 1010. The lowest BCUT2D eigenvalue weighted by molar-refractivity contribution is 0.0601. The summed E-state index contributed by atoms with van der Waals surface area (Å²) in [5.74, 6) is -0.364. The summed E-state index contributed by atoms with van der Waals surface area (Å²) in [4.78, 5) is 18.3. The van der Waals surface area contributed by atoms with Gasteiger partial charge in [0, 0.05) is 48.6 Å². The van der Waals surface area contributed by atoms with Gasteiger partial charge in [0.15, 0.2) is 0 Å². The van der Waals surface area contributed by atoms with Gasteiger partial charge in [0.25, 0.3) is 0 Å². The zero-order valence-corrected chi connectivity index (χ0v) is 16.9. The standard InChI is InChI=1S/C23H25N3O2/c1-16-13-19(15-24-20-8-6-7-18(14-20)23(27)28-5)17(2)26(16)22-11-9-21(10-12-22)25(3)4/h6-15H,1-5H3. The van der Waals surface area contributed by atoms with Crippen molar-refractivity contribution in [3.05, 3.63) is 77.1 Å². The van der Waals surface area contributed by atoms with E-state index in [1.165, 1.54) is 12.8 Å². The van der Waals surface area contributed by atoms with Crippen LogP contribution in [0.25, 0.3) is 5.69 Å². The predicted octanol–water partition coefficient (Wildman–Crippen LogP) is 4.70. The number of ether oxygens (including phenoxy) is 1. The first-order chi connectivity index (χ1) is 13.4. The van der Waals surface area contributed by atoms with Crippen LogP contribution in [-0.2, 0) is 4.74 Å². The van der Waals surface area contributed by atoms with Gasteiger partial charge in [-0.2, -0.15) is 0 Å². The molecule has 0 atom stereocenters. The van der Waals surface area contributed by atoms with Crippen LogP contribution in [0.5, 0.6) is 0 Å². The minimum Gasteiger partial charge on any atom is -0.465 e. The zero-order chi connectivity index (χ0) is 20.3. The maximum Gasteiger partial charge on any atom is 0.337 e. The molecule has 0 aliphatic heterocycles. The van der Waals surface area contributed by atoms with Crippen molar-refractivity contribution in [2.45, 2.75) is 13.8 Å². The van der Waals surface area contributed by atoms with E-state index in [0.717, 1.165) is 22.6 Å². The van der Waals surface area contributed by atoms with Crippen LogP contribution >= 0.6 is 0 Å². The fourth-order valence-corrected chi connectivity index (χ4v) is 3.19. The molecule has 2 aromatic carbocycles. The van der Waals surface area contributed by atoms with Gasteiger partial charge in [-0.3, -0.25) is 4.99 Å². The molecule has 0 bridgehead atoms. The fourth-order valence-electron chi connectivity index (χ4n) is 3.19. The molecule has 28 heavy (non-hydrogen) atoms. The second-order valence-electron chi connectivity index (χ2n) is 6.87. The molecule has 1 heterocycles. The lowest BCUT2D eigenvalue weighted by Crippen LogP contribution is -2.08. The number of aromatic nitrogens is 1. The number of anilines is 1. The lowest BCUT2D eigenvalue weighted by atomic mass is 10.2. The van der Waals surface area contributed by atoms with Crippen molar-refractivity contribution >= 4 is 23.6 Å². The molecule has 1 aromatic heterocycles. The molecule has 0 radical (unpaired) electrons. The third-order valence-corrected chi connectivity index (χ3v) is 4.71. The van der Waals surface area contributed by atoms with Crippen molar-refractivity contribution in [1.29, 1.82) is 0 Å². The van der Waals surface area contributed by atoms with Crippen molar-refractivity contribution < 1.29 is 9.53 Å². The summed E-state index contributed by atoms with van der Waals surface area (Å²) < 4.78 is 6.98. The Morgan fingerprint density at radius 1 is 1.07 bits per heavy atom. The van der Waals surface area contributed by atoms with Crippen molar-refractivity contribution in [1.82, 2.24) is 4.57 Å². The molecule has 0 amide bonds. The van der Waals surface area contributed by atoms with Gasteiger partial charge in [0.2, 0.25) is 0 Å². The van der Waals surface area contributed by atoms with Crippen LogP contribution in [0.4, 0.5) is 11.4 Å². The quantitative estimate of drug-likeness (QED) is 0.480. The van der Waals surface area contributed by atoms with Crippen molar-refractivity contribution in [3.8, 4) is 5.69 Å². The highest BCUT2D eigenvalue weighted by molar-refractivity contribution is 5.91. The summed E-state index contributed by atoms with van der Waals surface area (Å²) in [7, 11) is 5.44. The van der Waals surface area contributed by atoms with Gasteiger partial charge in [0.1, 0.15) is 0 Å². The molecule has 0 saturated heterocycles. The van der Waals surface area contributed by atoms with Crippen molar-refractivity contribution in [2.75, 3.05) is 26.1 Å². The normalized spacial score (nSPS) is 11.0. The maximum atomic E-state index is 11.7. The van der Waals surface area contributed by atoms with E-state index < -0.39 is 0 Å². The Balaban J connectivity index is 1.90. The van der Waals surface area contributed by atoms with Gasteiger partial charge in [-0.25, -0.2) is 4.79 Å². The maximum absolute atomic E-state index is 11.7. The predicted molar refractivity (Wildman–Crippen MR) is 115 cm³/mol. The van der Waals surface area contributed by atoms with E-state index in [-0.39, 0.29) is 5.97 Å². The minimum absolute atomic E-state index is 0.364. The van der Waals surface area contributed by atoms with Gasteiger partial charge >= 0.3 is 5.97 Å². The summed E-state index contributed by atoms with van der Waals surface area (Å²) in [6.07, 6.45) is 1.84. The number of methoxy groups -OCH3 is 1. The number of aliphatic imine (C=N–C) groups is 1. The summed E-state index contributed by atoms with van der Waals surface area (Å²) >= 11 is 0. The SMILES string of the molecule is COC(=O)c1cccc(N=Cc2cc(C)n(-c3ccc(N(C)C)cc3)c2C)c1. The second kappa shape index (κ2) is 8.13. The molecular weight excluding hydrogens is 350 g/mol. The number of esters is 1. The van der Waals surface area contributed by atoms with E-state index in [1.54, 1.807) is 18.2 Å². The van der Waals surface area contributed by atoms with E-state index in [4.69, 9.17) is 4.74 Å². The van der Waals surface area contributed by atoms with E-state index >= 15 is 0 Å². The third-order valence-electron chi connectivity index (χ3n) is 4.71. The third kappa shape index (κ3) is 3.98. The van der Waals surface area contributed by atoms with Crippen LogP contribution < -0.4 is 4.90 Å². The lowest BCUT2D eigenvalue weighted by Gasteiger charge is -2.14. The molecule has 144 valence electrons. The number of aryl methyl sites for hydroxylation is 1. The number of rotatable bonds is 5. The van der Waals surface area contributed by atoms with Gasteiger partial charge in [-0.05, 0) is 62.4 Å². The van der Waals surface area contributed by atoms with Crippen LogP contribution in [0.15, 0.2) is 59.6 Å². The van der Waals surface area contributed by atoms with Crippen LogP contribution in [0.3, 0.4) is 0 Å². The van der Waals surface area contributed by atoms with Crippen LogP contribution in [0.1, 0.15) is 27.3 Å². The Labute approximate surface area is 165 Å². The highest BCUT2D eigenvalue weighted by Gasteiger charge is 2.10. The number of nitrogens with zero attached hydrogens (tertiary/aromatic N) is 3.